The first-order chi connectivity index (χ1) is 5.88. The summed E-state index contributed by atoms with van der Waals surface area (Å²) >= 11 is 3.46. The number of aromatic nitrogens is 1. The lowest BCUT2D eigenvalue weighted by Gasteiger charge is -2.10. The predicted molar refractivity (Wildman–Crippen MR) is 59.2 cm³/mol. The van der Waals surface area contributed by atoms with Gasteiger partial charge in [0, 0.05) is 17.8 Å². The zero-order valence-electron chi connectivity index (χ0n) is 7.16. The van der Waals surface area contributed by atoms with E-state index >= 15 is 0 Å². The molecule has 1 aliphatic heterocycles. The summed E-state index contributed by atoms with van der Waals surface area (Å²) in [6.45, 7) is 1.13. The van der Waals surface area contributed by atoms with Crippen molar-refractivity contribution in [2.45, 2.75) is 18.9 Å². The molecule has 1 aliphatic rings. The second-order valence-electron chi connectivity index (χ2n) is 3.03. The van der Waals surface area contributed by atoms with Crippen LogP contribution in [-0.4, -0.2) is 11.5 Å². The van der Waals surface area contributed by atoms with Crippen molar-refractivity contribution in [1.29, 1.82) is 0 Å². The van der Waals surface area contributed by atoms with Gasteiger partial charge in [0.25, 0.3) is 0 Å². The molecule has 13 heavy (non-hydrogen) atoms. The van der Waals surface area contributed by atoms with Gasteiger partial charge in [-0.2, -0.15) is 0 Å². The fraction of sp³-hybridized carbons (Fsp3) is 0.444. The molecule has 2 heterocycles. The molecule has 0 bridgehead atoms. The summed E-state index contributed by atoms with van der Waals surface area (Å²) in [5.74, 6) is 0. The Morgan fingerprint density at radius 2 is 2.38 bits per heavy atom. The summed E-state index contributed by atoms with van der Waals surface area (Å²) in [4.78, 5) is 4.20. The second kappa shape index (κ2) is 4.94. The minimum Gasteiger partial charge on any atom is -0.310 e. The maximum atomic E-state index is 4.20. The van der Waals surface area contributed by atoms with Crippen molar-refractivity contribution in [2.24, 2.45) is 0 Å². The van der Waals surface area contributed by atoms with Crippen LogP contribution in [0.3, 0.4) is 0 Å². The van der Waals surface area contributed by atoms with Gasteiger partial charge in [0.05, 0.1) is 0 Å². The average molecular weight is 264 g/mol. The van der Waals surface area contributed by atoms with Gasteiger partial charge >= 0.3 is 0 Å². The molecule has 0 aromatic carbocycles. The Hall–Kier alpha value is -0.120. The highest BCUT2D eigenvalue weighted by molar-refractivity contribution is 9.10. The molecule has 2 nitrogen and oxygen atoms in total. The number of pyridine rings is 1. The molecule has 2 rings (SSSR count). The van der Waals surface area contributed by atoms with Gasteiger partial charge in [0.15, 0.2) is 0 Å². The van der Waals surface area contributed by atoms with Crippen LogP contribution >= 0.6 is 28.3 Å². The predicted octanol–water partition coefficient (Wildman–Crippen LogP) is 2.69. The summed E-state index contributed by atoms with van der Waals surface area (Å²) in [5, 5.41) is 3.44. The average Bonchev–Trinajstić information content (AvgIpc) is 2.57. The van der Waals surface area contributed by atoms with Crippen molar-refractivity contribution in [2.75, 3.05) is 6.54 Å². The molecule has 72 valence electrons. The Morgan fingerprint density at radius 3 is 3.00 bits per heavy atom. The zero-order chi connectivity index (χ0) is 8.39. The lowest BCUT2D eigenvalue weighted by atomic mass is 10.1. The Labute approximate surface area is 92.7 Å². The fourth-order valence-corrected chi connectivity index (χ4v) is 2.14. The Morgan fingerprint density at radius 1 is 1.54 bits per heavy atom. The van der Waals surface area contributed by atoms with E-state index < -0.39 is 0 Å². The summed E-state index contributed by atoms with van der Waals surface area (Å²) in [6, 6.07) is 4.62. The number of halogens is 2. The monoisotopic (exact) mass is 262 g/mol. The van der Waals surface area contributed by atoms with E-state index in [9.17, 15) is 0 Å². The molecule has 0 saturated carbocycles. The van der Waals surface area contributed by atoms with Gasteiger partial charge in [0.1, 0.15) is 4.60 Å². The lowest BCUT2D eigenvalue weighted by molar-refractivity contribution is 0.641. The molecule has 4 heteroatoms. The maximum absolute atomic E-state index is 4.20. The fourth-order valence-electron chi connectivity index (χ4n) is 1.61. The first-order valence-corrected chi connectivity index (χ1v) is 5.01. The van der Waals surface area contributed by atoms with Gasteiger partial charge in [-0.3, -0.25) is 0 Å². The van der Waals surface area contributed by atoms with E-state index in [1.807, 2.05) is 12.3 Å². The Bertz CT molecular complexity index is 274. The highest BCUT2D eigenvalue weighted by Gasteiger charge is 2.18. The minimum atomic E-state index is 0. The topological polar surface area (TPSA) is 24.9 Å². The molecule has 0 amide bonds. The molecule has 0 spiro atoms. The first-order valence-electron chi connectivity index (χ1n) is 4.22. The van der Waals surface area contributed by atoms with Crippen molar-refractivity contribution in [3.63, 3.8) is 0 Å². The van der Waals surface area contributed by atoms with Crippen LogP contribution < -0.4 is 5.32 Å². The van der Waals surface area contributed by atoms with Crippen molar-refractivity contribution in [1.82, 2.24) is 10.3 Å². The van der Waals surface area contributed by atoms with E-state index in [4.69, 9.17) is 0 Å². The van der Waals surface area contributed by atoms with Gasteiger partial charge in [-0.05, 0) is 41.4 Å². The Balaban J connectivity index is 0.000000845. The standard InChI is InChI=1S/C9H11BrN2.ClH/c10-9-7(3-1-6-12-9)8-4-2-5-11-8;/h1,3,6,8,11H,2,4-5H2;1H/t8-;/m0./s1. The van der Waals surface area contributed by atoms with Crippen LogP contribution in [0.25, 0.3) is 0 Å². The van der Waals surface area contributed by atoms with E-state index in [0.717, 1.165) is 11.1 Å². The number of nitrogens with zero attached hydrogens (tertiary/aromatic N) is 1. The molecule has 1 N–H and O–H groups in total. The van der Waals surface area contributed by atoms with E-state index in [1.165, 1.54) is 18.4 Å². The molecule has 0 radical (unpaired) electrons. The van der Waals surface area contributed by atoms with Crippen LogP contribution in [0.15, 0.2) is 22.9 Å². The van der Waals surface area contributed by atoms with E-state index in [0.29, 0.717) is 6.04 Å². The number of hydrogen-bond acceptors (Lipinski definition) is 2. The van der Waals surface area contributed by atoms with E-state index in [2.05, 4.69) is 32.3 Å². The third-order valence-corrected chi connectivity index (χ3v) is 2.89. The van der Waals surface area contributed by atoms with Gasteiger partial charge in [-0.25, -0.2) is 4.98 Å². The van der Waals surface area contributed by atoms with Gasteiger partial charge < -0.3 is 5.32 Å². The molecule has 1 aromatic heterocycles. The van der Waals surface area contributed by atoms with Crippen molar-refractivity contribution in [3.05, 3.63) is 28.5 Å². The van der Waals surface area contributed by atoms with Crippen LogP contribution in [0.5, 0.6) is 0 Å². The van der Waals surface area contributed by atoms with Crippen molar-refractivity contribution in [3.8, 4) is 0 Å². The summed E-state index contributed by atoms with van der Waals surface area (Å²) in [7, 11) is 0. The van der Waals surface area contributed by atoms with Crippen LogP contribution in [0, 0.1) is 0 Å². The van der Waals surface area contributed by atoms with Crippen LogP contribution in [0.1, 0.15) is 24.4 Å². The van der Waals surface area contributed by atoms with Crippen LogP contribution in [-0.2, 0) is 0 Å². The first kappa shape index (κ1) is 11.0. The minimum absolute atomic E-state index is 0. The summed E-state index contributed by atoms with van der Waals surface area (Å²) in [5.41, 5.74) is 1.29. The molecule has 1 atom stereocenters. The number of hydrogen-bond donors (Lipinski definition) is 1. The van der Waals surface area contributed by atoms with Gasteiger partial charge in [0.2, 0.25) is 0 Å². The highest BCUT2D eigenvalue weighted by Crippen LogP contribution is 2.27. The maximum Gasteiger partial charge on any atom is 0.110 e. The number of nitrogens with one attached hydrogen (secondary N) is 1. The highest BCUT2D eigenvalue weighted by atomic mass is 79.9. The third-order valence-electron chi connectivity index (χ3n) is 2.22. The normalized spacial score (nSPS) is 21.2. The summed E-state index contributed by atoms with van der Waals surface area (Å²) in [6.07, 6.45) is 4.30. The SMILES string of the molecule is Brc1ncccc1[C@@H]1CCCN1.Cl. The molecular weight excluding hydrogens is 251 g/mol. The molecule has 1 saturated heterocycles. The van der Waals surface area contributed by atoms with Crippen LogP contribution in [0.4, 0.5) is 0 Å². The molecule has 0 aliphatic carbocycles. The largest absolute Gasteiger partial charge is 0.310 e. The lowest BCUT2D eigenvalue weighted by Crippen LogP contribution is -2.13. The molecule has 1 aromatic rings. The molecule has 1 fully saturated rings. The smallest absolute Gasteiger partial charge is 0.110 e. The van der Waals surface area contributed by atoms with Crippen molar-refractivity contribution < 1.29 is 0 Å². The van der Waals surface area contributed by atoms with Gasteiger partial charge in [-0.1, -0.05) is 6.07 Å². The molecule has 0 unspecified atom stereocenters. The quantitative estimate of drug-likeness (QED) is 0.788. The summed E-state index contributed by atoms with van der Waals surface area (Å²) < 4.78 is 0.976. The number of rotatable bonds is 1. The Kier molecular flexibility index (Phi) is 4.16. The third kappa shape index (κ3) is 2.42. The van der Waals surface area contributed by atoms with Crippen molar-refractivity contribution >= 4 is 28.3 Å². The van der Waals surface area contributed by atoms with Gasteiger partial charge in [-0.15, -0.1) is 12.4 Å². The van der Waals surface area contributed by atoms with E-state index in [-0.39, 0.29) is 12.4 Å². The zero-order valence-corrected chi connectivity index (χ0v) is 9.57. The second-order valence-corrected chi connectivity index (χ2v) is 3.78. The van der Waals surface area contributed by atoms with Crippen LogP contribution in [0.2, 0.25) is 0 Å². The van der Waals surface area contributed by atoms with E-state index in [1.54, 1.807) is 0 Å². The molecular formula is C9H12BrClN2.